The van der Waals surface area contributed by atoms with Crippen molar-refractivity contribution in [1.29, 1.82) is 0 Å². The maximum atomic E-state index is 12.6. The summed E-state index contributed by atoms with van der Waals surface area (Å²) in [6.45, 7) is 4.06. The first-order chi connectivity index (χ1) is 8.95. The molecule has 2 rings (SSSR count). The number of hydrogen-bond donors (Lipinski definition) is 1. The fourth-order valence-electron chi connectivity index (χ4n) is 1.83. The fraction of sp³-hybridized carbons (Fsp3) is 0.231. The first kappa shape index (κ1) is 13.9. The average Bonchev–Trinajstić information content (AvgIpc) is 2.77. The monoisotopic (exact) mass is 296 g/mol. The average molecular weight is 296 g/mol. The molecule has 4 nitrogen and oxygen atoms in total. The molecule has 0 aliphatic carbocycles. The number of nitrogen functional groups attached to an aromatic ring is 1. The lowest BCUT2D eigenvalue weighted by molar-refractivity contribution is 0.594. The van der Waals surface area contributed by atoms with Crippen molar-refractivity contribution in [1.82, 2.24) is 0 Å². The van der Waals surface area contributed by atoms with Gasteiger partial charge < -0.3 is 5.73 Å². The number of aryl methyl sites for hydroxylation is 1. The number of benzene rings is 1. The van der Waals surface area contributed by atoms with E-state index in [1.165, 1.54) is 15.6 Å². The lowest BCUT2D eigenvalue weighted by atomic mass is 10.3. The molecule has 0 atom stereocenters. The van der Waals surface area contributed by atoms with Crippen molar-refractivity contribution >= 4 is 32.7 Å². The fourth-order valence-corrected chi connectivity index (χ4v) is 4.69. The van der Waals surface area contributed by atoms with Crippen LogP contribution in [0, 0.1) is 6.92 Å². The number of nitrogens with zero attached hydrogens (tertiary/aromatic N) is 1. The van der Waals surface area contributed by atoms with Crippen LogP contribution in [0.2, 0.25) is 0 Å². The highest BCUT2D eigenvalue weighted by molar-refractivity contribution is 7.94. The van der Waals surface area contributed by atoms with E-state index < -0.39 is 10.0 Å². The van der Waals surface area contributed by atoms with E-state index in [4.69, 9.17) is 5.73 Å². The molecular formula is C13H16N2O2S2. The molecule has 0 unspecified atom stereocenters. The van der Waals surface area contributed by atoms with Gasteiger partial charge in [0.05, 0.1) is 5.69 Å². The van der Waals surface area contributed by atoms with Crippen molar-refractivity contribution in [3.05, 3.63) is 41.3 Å². The van der Waals surface area contributed by atoms with E-state index >= 15 is 0 Å². The Morgan fingerprint density at radius 3 is 2.53 bits per heavy atom. The van der Waals surface area contributed by atoms with Gasteiger partial charge in [0.15, 0.2) is 0 Å². The third-order valence-corrected chi connectivity index (χ3v) is 6.08. The lowest BCUT2D eigenvalue weighted by Gasteiger charge is -2.22. The maximum Gasteiger partial charge on any atom is 0.273 e. The van der Waals surface area contributed by atoms with Gasteiger partial charge in [0.25, 0.3) is 10.0 Å². The number of thiophene rings is 1. The van der Waals surface area contributed by atoms with Gasteiger partial charge in [-0.1, -0.05) is 6.07 Å². The molecule has 0 bridgehead atoms. The van der Waals surface area contributed by atoms with Crippen LogP contribution in [0.1, 0.15) is 11.8 Å². The van der Waals surface area contributed by atoms with Crippen LogP contribution in [0.15, 0.2) is 40.6 Å². The second-order valence-electron chi connectivity index (χ2n) is 4.13. The summed E-state index contributed by atoms with van der Waals surface area (Å²) in [5.74, 6) is 0. The minimum Gasteiger partial charge on any atom is -0.399 e. The zero-order valence-corrected chi connectivity index (χ0v) is 12.5. The van der Waals surface area contributed by atoms with Crippen molar-refractivity contribution in [2.45, 2.75) is 18.1 Å². The van der Waals surface area contributed by atoms with E-state index in [-0.39, 0.29) is 0 Å². The van der Waals surface area contributed by atoms with E-state index in [1.807, 2.05) is 13.0 Å². The number of sulfonamides is 1. The highest BCUT2D eigenvalue weighted by Gasteiger charge is 2.25. The predicted molar refractivity (Wildman–Crippen MR) is 80.1 cm³/mol. The van der Waals surface area contributed by atoms with Gasteiger partial charge in [0.2, 0.25) is 0 Å². The van der Waals surface area contributed by atoms with Crippen LogP contribution in [0.5, 0.6) is 0 Å². The minimum atomic E-state index is -3.50. The first-order valence-electron chi connectivity index (χ1n) is 5.90. The van der Waals surface area contributed by atoms with Crippen LogP contribution in [0.3, 0.4) is 0 Å². The highest BCUT2D eigenvalue weighted by atomic mass is 32.2. The quantitative estimate of drug-likeness (QED) is 0.882. The highest BCUT2D eigenvalue weighted by Crippen LogP contribution is 2.28. The van der Waals surface area contributed by atoms with E-state index in [2.05, 4.69) is 0 Å². The van der Waals surface area contributed by atoms with Gasteiger partial charge in [0, 0.05) is 17.1 Å². The Bertz CT molecular complexity index is 677. The molecule has 0 fully saturated rings. The Labute approximate surface area is 117 Å². The molecule has 6 heteroatoms. The van der Waals surface area contributed by atoms with E-state index in [0.29, 0.717) is 22.1 Å². The molecule has 0 saturated carbocycles. The smallest absolute Gasteiger partial charge is 0.273 e. The standard InChI is InChI=1S/C13H16N2O2S2/c1-3-15(12-6-4-5-11(14)9-12)19(16,17)13-8-7-10(2)18-13/h4-9H,3,14H2,1-2H3. The summed E-state index contributed by atoms with van der Waals surface area (Å²) in [7, 11) is -3.50. The summed E-state index contributed by atoms with van der Waals surface area (Å²) in [4.78, 5) is 0.974. The Balaban J connectivity index is 2.47. The molecule has 1 aromatic carbocycles. The molecule has 0 aliphatic rings. The molecule has 2 N–H and O–H groups in total. The summed E-state index contributed by atoms with van der Waals surface area (Å²) in [6.07, 6.45) is 0. The second-order valence-corrected chi connectivity index (χ2v) is 7.51. The molecule has 102 valence electrons. The van der Waals surface area contributed by atoms with Crippen LogP contribution >= 0.6 is 11.3 Å². The maximum absolute atomic E-state index is 12.6. The van der Waals surface area contributed by atoms with Gasteiger partial charge in [-0.15, -0.1) is 11.3 Å². The lowest BCUT2D eigenvalue weighted by Crippen LogP contribution is -2.30. The molecule has 19 heavy (non-hydrogen) atoms. The Morgan fingerprint density at radius 1 is 1.26 bits per heavy atom. The molecule has 1 heterocycles. The summed E-state index contributed by atoms with van der Waals surface area (Å²) in [6, 6.07) is 10.4. The molecule has 0 spiro atoms. The zero-order chi connectivity index (χ0) is 14.0. The van der Waals surface area contributed by atoms with Crippen LogP contribution in [0.25, 0.3) is 0 Å². The largest absolute Gasteiger partial charge is 0.399 e. The number of hydrogen-bond acceptors (Lipinski definition) is 4. The van der Waals surface area contributed by atoms with Gasteiger partial charge >= 0.3 is 0 Å². The molecule has 1 aromatic heterocycles. The number of anilines is 2. The van der Waals surface area contributed by atoms with Crippen LogP contribution in [-0.2, 0) is 10.0 Å². The predicted octanol–water partition coefficient (Wildman–Crippen LogP) is 2.85. The molecule has 0 radical (unpaired) electrons. The van der Waals surface area contributed by atoms with Crippen molar-refractivity contribution in [2.24, 2.45) is 0 Å². The van der Waals surface area contributed by atoms with Gasteiger partial charge in [-0.2, -0.15) is 0 Å². The SMILES string of the molecule is CCN(c1cccc(N)c1)S(=O)(=O)c1ccc(C)s1. The third kappa shape index (κ3) is 2.74. The van der Waals surface area contributed by atoms with Crippen molar-refractivity contribution in [3.8, 4) is 0 Å². The van der Waals surface area contributed by atoms with Gasteiger partial charge in [-0.05, 0) is 44.2 Å². The van der Waals surface area contributed by atoms with Crippen LogP contribution in [-0.4, -0.2) is 15.0 Å². The van der Waals surface area contributed by atoms with E-state index in [9.17, 15) is 8.42 Å². The van der Waals surface area contributed by atoms with Gasteiger partial charge in [-0.25, -0.2) is 8.42 Å². The first-order valence-corrected chi connectivity index (χ1v) is 8.15. The number of rotatable bonds is 4. The Morgan fingerprint density at radius 2 is 2.00 bits per heavy atom. The minimum absolute atomic E-state index is 0.356. The Hall–Kier alpha value is -1.53. The van der Waals surface area contributed by atoms with Crippen molar-refractivity contribution < 1.29 is 8.42 Å². The molecule has 0 amide bonds. The van der Waals surface area contributed by atoms with Gasteiger partial charge in [0.1, 0.15) is 4.21 Å². The normalized spacial score (nSPS) is 11.5. The summed E-state index contributed by atoms with van der Waals surface area (Å²) < 4.78 is 26.9. The number of nitrogens with two attached hydrogens (primary N) is 1. The summed E-state index contributed by atoms with van der Waals surface area (Å²) in [5.41, 5.74) is 6.86. The summed E-state index contributed by atoms with van der Waals surface area (Å²) >= 11 is 1.28. The molecular weight excluding hydrogens is 280 g/mol. The van der Waals surface area contributed by atoms with Crippen molar-refractivity contribution in [2.75, 3.05) is 16.6 Å². The molecule has 0 aliphatic heterocycles. The molecule has 0 saturated heterocycles. The Kier molecular flexibility index (Phi) is 3.82. The summed E-state index contributed by atoms with van der Waals surface area (Å²) in [5, 5.41) is 0. The van der Waals surface area contributed by atoms with Gasteiger partial charge in [-0.3, -0.25) is 4.31 Å². The second kappa shape index (κ2) is 5.22. The van der Waals surface area contributed by atoms with E-state index in [0.717, 1.165) is 4.88 Å². The zero-order valence-electron chi connectivity index (χ0n) is 10.8. The van der Waals surface area contributed by atoms with Crippen LogP contribution in [0.4, 0.5) is 11.4 Å². The molecule has 2 aromatic rings. The topological polar surface area (TPSA) is 63.4 Å². The van der Waals surface area contributed by atoms with Crippen LogP contribution < -0.4 is 10.0 Å². The van der Waals surface area contributed by atoms with E-state index in [1.54, 1.807) is 37.3 Å². The third-order valence-electron chi connectivity index (χ3n) is 2.71. The van der Waals surface area contributed by atoms with Crippen molar-refractivity contribution in [3.63, 3.8) is 0 Å².